The number of rotatable bonds is 2. The van der Waals surface area contributed by atoms with Crippen molar-refractivity contribution in [1.29, 1.82) is 0 Å². The van der Waals surface area contributed by atoms with Crippen molar-refractivity contribution in [1.82, 2.24) is 15.1 Å². The second-order valence-corrected chi connectivity index (χ2v) is 4.90. The van der Waals surface area contributed by atoms with Gasteiger partial charge in [-0.05, 0) is 18.1 Å². The number of piperidine rings is 1. The van der Waals surface area contributed by atoms with Crippen LogP contribution in [-0.4, -0.2) is 27.9 Å². The molecule has 20 heavy (non-hydrogen) atoms. The molecule has 1 unspecified atom stereocenters. The SMILES string of the molecule is Cn1ncc2c(C3CCC(=O)NC3=O)ccc(C=O)c21. The lowest BCUT2D eigenvalue weighted by Gasteiger charge is -2.21. The van der Waals surface area contributed by atoms with Gasteiger partial charge in [0.1, 0.15) is 0 Å². The summed E-state index contributed by atoms with van der Waals surface area (Å²) < 4.78 is 1.62. The highest BCUT2D eigenvalue weighted by Crippen LogP contribution is 2.31. The van der Waals surface area contributed by atoms with Crippen molar-refractivity contribution in [3.05, 3.63) is 29.5 Å². The lowest BCUT2D eigenvalue weighted by atomic mass is 9.88. The third-order valence-electron chi connectivity index (χ3n) is 3.71. The fourth-order valence-electron chi connectivity index (χ4n) is 2.73. The Morgan fingerprint density at radius 3 is 2.90 bits per heavy atom. The second kappa shape index (κ2) is 4.56. The van der Waals surface area contributed by atoms with E-state index in [1.165, 1.54) is 0 Å². The molecule has 1 fully saturated rings. The van der Waals surface area contributed by atoms with E-state index >= 15 is 0 Å². The minimum atomic E-state index is -0.375. The Morgan fingerprint density at radius 1 is 1.40 bits per heavy atom. The minimum absolute atomic E-state index is 0.238. The molecular weight excluding hydrogens is 258 g/mol. The molecule has 0 bridgehead atoms. The van der Waals surface area contributed by atoms with Crippen molar-refractivity contribution in [2.24, 2.45) is 7.05 Å². The van der Waals surface area contributed by atoms with E-state index in [4.69, 9.17) is 0 Å². The Bertz CT molecular complexity index is 733. The van der Waals surface area contributed by atoms with Crippen LogP contribution in [0, 0.1) is 0 Å². The molecule has 3 rings (SSSR count). The molecule has 1 aromatic carbocycles. The summed E-state index contributed by atoms with van der Waals surface area (Å²) in [6, 6.07) is 3.46. The van der Waals surface area contributed by atoms with Gasteiger partial charge < -0.3 is 0 Å². The maximum absolute atomic E-state index is 12.0. The second-order valence-electron chi connectivity index (χ2n) is 4.90. The van der Waals surface area contributed by atoms with Gasteiger partial charge >= 0.3 is 0 Å². The number of carbonyl (C=O) groups is 3. The molecule has 0 saturated carbocycles. The number of hydrogen-bond donors (Lipinski definition) is 1. The Morgan fingerprint density at radius 2 is 2.20 bits per heavy atom. The van der Waals surface area contributed by atoms with E-state index in [1.807, 2.05) is 0 Å². The molecule has 0 radical (unpaired) electrons. The van der Waals surface area contributed by atoms with Crippen molar-refractivity contribution in [3.8, 4) is 0 Å². The molecule has 2 amide bonds. The molecule has 0 aliphatic carbocycles. The van der Waals surface area contributed by atoms with Crippen LogP contribution in [0.2, 0.25) is 0 Å². The summed E-state index contributed by atoms with van der Waals surface area (Å²) in [5.74, 6) is -0.899. The molecule has 2 heterocycles. The molecular formula is C14H13N3O3. The average molecular weight is 271 g/mol. The molecule has 6 nitrogen and oxygen atoms in total. The van der Waals surface area contributed by atoms with Crippen LogP contribution in [0.1, 0.15) is 34.7 Å². The van der Waals surface area contributed by atoms with E-state index in [-0.39, 0.29) is 17.7 Å². The van der Waals surface area contributed by atoms with E-state index in [0.29, 0.717) is 23.9 Å². The number of aldehydes is 1. The van der Waals surface area contributed by atoms with Crippen LogP contribution < -0.4 is 5.32 Å². The smallest absolute Gasteiger partial charge is 0.234 e. The molecule has 2 aromatic rings. The number of benzene rings is 1. The molecule has 1 aromatic heterocycles. The zero-order valence-corrected chi connectivity index (χ0v) is 10.9. The van der Waals surface area contributed by atoms with Crippen LogP contribution in [0.4, 0.5) is 0 Å². The van der Waals surface area contributed by atoms with Gasteiger partial charge in [-0.3, -0.25) is 24.4 Å². The lowest BCUT2D eigenvalue weighted by Crippen LogP contribution is -2.39. The maximum atomic E-state index is 12.0. The Balaban J connectivity index is 2.15. The first-order chi connectivity index (χ1) is 9.61. The van der Waals surface area contributed by atoms with Gasteiger partial charge in [0.25, 0.3) is 0 Å². The van der Waals surface area contributed by atoms with Crippen LogP contribution in [0.3, 0.4) is 0 Å². The molecule has 102 valence electrons. The van der Waals surface area contributed by atoms with Crippen LogP contribution >= 0.6 is 0 Å². The summed E-state index contributed by atoms with van der Waals surface area (Å²) in [5.41, 5.74) is 2.06. The first kappa shape index (κ1) is 12.5. The summed E-state index contributed by atoms with van der Waals surface area (Å²) in [6.07, 6.45) is 3.24. The topological polar surface area (TPSA) is 81.1 Å². The van der Waals surface area contributed by atoms with Gasteiger partial charge in [-0.2, -0.15) is 5.10 Å². The number of carbonyl (C=O) groups excluding carboxylic acids is 3. The van der Waals surface area contributed by atoms with E-state index in [0.717, 1.165) is 17.2 Å². The Labute approximate surface area is 114 Å². The number of aryl methyl sites for hydroxylation is 1. The number of nitrogens with zero attached hydrogens (tertiary/aromatic N) is 2. The van der Waals surface area contributed by atoms with Gasteiger partial charge in [0.15, 0.2) is 6.29 Å². The first-order valence-electron chi connectivity index (χ1n) is 6.35. The van der Waals surface area contributed by atoms with Crippen molar-refractivity contribution >= 4 is 29.0 Å². The standard InChI is InChI=1S/C14H13N3O3/c1-17-13-8(7-18)2-3-9(11(13)6-15-17)10-4-5-12(19)16-14(10)20/h2-3,6-7,10H,4-5H2,1H3,(H,16,19,20). The van der Waals surface area contributed by atoms with E-state index < -0.39 is 0 Å². The van der Waals surface area contributed by atoms with Crippen molar-refractivity contribution in [3.63, 3.8) is 0 Å². The molecule has 1 aliphatic heterocycles. The monoisotopic (exact) mass is 271 g/mol. The van der Waals surface area contributed by atoms with Crippen LogP contribution in [-0.2, 0) is 16.6 Å². The summed E-state index contributed by atoms with van der Waals surface area (Å²) >= 11 is 0. The minimum Gasteiger partial charge on any atom is -0.298 e. The van der Waals surface area contributed by atoms with E-state index in [9.17, 15) is 14.4 Å². The van der Waals surface area contributed by atoms with Crippen molar-refractivity contribution < 1.29 is 14.4 Å². The van der Waals surface area contributed by atoms with E-state index in [1.54, 1.807) is 30.1 Å². The highest BCUT2D eigenvalue weighted by Gasteiger charge is 2.29. The molecule has 6 heteroatoms. The number of imide groups is 1. The summed E-state index contributed by atoms with van der Waals surface area (Å²) in [5, 5.41) is 7.30. The number of aromatic nitrogens is 2. The largest absolute Gasteiger partial charge is 0.298 e. The summed E-state index contributed by atoms with van der Waals surface area (Å²) in [4.78, 5) is 34.3. The number of fused-ring (bicyclic) bond motifs is 1. The molecule has 1 N–H and O–H groups in total. The normalized spacial score (nSPS) is 19.1. The molecule has 1 atom stereocenters. The zero-order chi connectivity index (χ0) is 14.3. The van der Waals surface area contributed by atoms with Gasteiger partial charge in [-0.15, -0.1) is 0 Å². The molecule has 0 spiro atoms. The van der Waals surface area contributed by atoms with Gasteiger partial charge in [-0.25, -0.2) is 0 Å². The van der Waals surface area contributed by atoms with E-state index in [2.05, 4.69) is 10.4 Å². The van der Waals surface area contributed by atoms with Crippen LogP contribution in [0.25, 0.3) is 10.9 Å². The van der Waals surface area contributed by atoms with Crippen molar-refractivity contribution in [2.45, 2.75) is 18.8 Å². The van der Waals surface area contributed by atoms with Crippen LogP contribution in [0.5, 0.6) is 0 Å². The Kier molecular flexibility index (Phi) is 2.85. The molecule has 1 saturated heterocycles. The first-order valence-corrected chi connectivity index (χ1v) is 6.35. The maximum Gasteiger partial charge on any atom is 0.234 e. The van der Waals surface area contributed by atoms with Gasteiger partial charge in [0.2, 0.25) is 11.8 Å². The summed E-state index contributed by atoms with van der Waals surface area (Å²) in [7, 11) is 1.75. The average Bonchev–Trinajstić information content (AvgIpc) is 2.81. The number of hydrogen-bond acceptors (Lipinski definition) is 4. The third-order valence-corrected chi connectivity index (χ3v) is 3.71. The predicted octanol–water partition coefficient (Wildman–Crippen LogP) is 0.906. The van der Waals surface area contributed by atoms with Gasteiger partial charge in [0.05, 0.1) is 17.6 Å². The van der Waals surface area contributed by atoms with Crippen molar-refractivity contribution in [2.75, 3.05) is 0 Å². The van der Waals surface area contributed by atoms with Gasteiger partial charge in [0, 0.05) is 24.4 Å². The summed E-state index contributed by atoms with van der Waals surface area (Å²) in [6.45, 7) is 0. The number of nitrogens with one attached hydrogen (secondary N) is 1. The molecule has 1 aliphatic rings. The van der Waals surface area contributed by atoms with Gasteiger partial charge in [-0.1, -0.05) is 6.07 Å². The quantitative estimate of drug-likeness (QED) is 0.650. The Hall–Kier alpha value is -2.50. The zero-order valence-electron chi connectivity index (χ0n) is 10.9. The highest BCUT2D eigenvalue weighted by atomic mass is 16.2. The predicted molar refractivity (Wildman–Crippen MR) is 71.2 cm³/mol. The fraction of sp³-hybridized carbons (Fsp3) is 0.286. The third kappa shape index (κ3) is 1.80. The number of amides is 2. The lowest BCUT2D eigenvalue weighted by molar-refractivity contribution is -0.134. The highest BCUT2D eigenvalue weighted by molar-refractivity contribution is 6.04. The fourth-order valence-corrected chi connectivity index (χ4v) is 2.73. The van der Waals surface area contributed by atoms with Crippen LogP contribution in [0.15, 0.2) is 18.3 Å².